The molecule has 0 saturated heterocycles. The van der Waals surface area contributed by atoms with E-state index in [0.29, 0.717) is 17.8 Å². The van der Waals surface area contributed by atoms with Gasteiger partial charge in [0.1, 0.15) is 0 Å². The molecule has 0 bridgehead atoms. The van der Waals surface area contributed by atoms with Gasteiger partial charge in [-0.15, -0.1) is 0 Å². The van der Waals surface area contributed by atoms with Crippen molar-refractivity contribution in [3.05, 3.63) is 36.3 Å². The lowest BCUT2D eigenvalue weighted by Gasteiger charge is -2.33. The number of hydrogen-bond acceptors (Lipinski definition) is 5. The van der Waals surface area contributed by atoms with E-state index in [4.69, 9.17) is 0 Å². The van der Waals surface area contributed by atoms with Crippen molar-refractivity contribution in [3.8, 4) is 0 Å². The molecule has 0 fully saturated rings. The van der Waals surface area contributed by atoms with E-state index in [1.807, 2.05) is 0 Å². The number of carbonyl (C=O) groups excluding carboxylic acids is 1. The lowest BCUT2D eigenvalue weighted by Crippen LogP contribution is -2.52. The maximum absolute atomic E-state index is 13.5. The third-order valence-corrected chi connectivity index (χ3v) is 5.05. The molecule has 6 nitrogen and oxygen atoms in total. The molecule has 7 heteroatoms. The van der Waals surface area contributed by atoms with E-state index in [1.165, 1.54) is 49.8 Å². The van der Waals surface area contributed by atoms with Crippen molar-refractivity contribution in [2.45, 2.75) is 83.7 Å². The summed E-state index contributed by atoms with van der Waals surface area (Å²) in [5.74, 6) is -0.803. The average Bonchev–Trinajstić information content (AvgIpc) is 2.70. The molecule has 1 aromatic carbocycles. The molecule has 0 aromatic heterocycles. The van der Waals surface area contributed by atoms with Crippen LogP contribution in [-0.4, -0.2) is 28.7 Å². The number of nitrogens with one attached hydrogen (secondary N) is 2. The highest BCUT2D eigenvalue weighted by atomic mass is 19.1. The number of carbonyl (C=O) groups is 1. The number of benzene rings is 1. The van der Waals surface area contributed by atoms with E-state index in [2.05, 4.69) is 17.6 Å². The van der Waals surface area contributed by atoms with Crippen molar-refractivity contribution in [2.24, 2.45) is 0 Å². The third kappa shape index (κ3) is 8.12. The van der Waals surface area contributed by atoms with Crippen LogP contribution in [0.25, 0.3) is 0 Å². The summed E-state index contributed by atoms with van der Waals surface area (Å²) < 4.78 is 13.5. The highest BCUT2D eigenvalue weighted by molar-refractivity contribution is 5.90. The maximum Gasteiger partial charge on any atom is 0.224 e. The quantitative estimate of drug-likeness (QED) is 0.387. The normalized spacial score (nSPS) is 19.2. The Bertz CT molecular complexity index is 651. The highest BCUT2D eigenvalue weighted by Gasteiger charge is 2.26. The van der Waals surface area contributed by atoms with Crippen molar-refractivity contribution in [1.29, 1.82) is 0 Å². The molecular weight excluding hydrogens is 373 g/mol. The van der Waals surface area contributed by atoms with Crippen LogP contribution >= 0.6 is 0 Å². The molecule has 1 heterocycles. The van der Waals surface area contributed by atoms with Gasteiger partial charge >= 0.3 is 0 Å². The first-order chi connectivity index (χ1) is 14.0. The number of hydrogen-bond donors (Lipinski definition) is 4. The number of aliphatic hydroxyl groups excluding tert-OH is 2. The Hall–Kier alpha value is -1.96. The van der Waals surface area contributed by atoms with Crippen LogP contribution in [0.15, 0.2) is 36.3 Å². The predicted molar refractivity (Wildman–Crippen MR) is 114 cm³/mol. The van der Waals surface area contributed by atoms with Gasteiger partial charge in [0.2, 0.25) is 5.91 Å². The fraction of sp³-hybridized carbons (Fsp3) is 0.591. The number of nitrogens with zero attached hydrogens (tertiary/aromatic N) is 1. The average molecular weight is 408 g/mol. The molecule has 0 radical (unpaired) electrons. The molecule has 1 aliphatic rings. The Labute approximate surface area is 172 Å². The molecule has 2 atom stereocenters. The van der Waals surface area contributed by atoms with Crippen LogP contribution in [0.1, 0.15) is 71.1 Å². The van der Waals surface area contributed by atoms with Crippen molar-refractivity contribution >= 4 is 17.3 Å². The molecule has 1 aromatic rings. The number of aliphatic hydroxyl groups is 2. The smallest absolute Gasteiger partial charge is 0.224 e. The van der Waals surface area contributed by atoms with E-state index in [0.717, 1.165) is 19.0 Å². The van der Waals surface area contributed by atoms with Crippen molar-refractivity contribution < 1.29 is 19.4 Å². The van der Waals surface area contributed by atoms with Gasteiger partial charge in [-0.2, -0.15) is 0 Å². The van der Waals surface area contributed by atoms with Gasteiger partial charge in [0.15, 0.2) is 18.4 Å². The van der Waals surface area contributed by atoms with Crippen LogP contribution in [-0.2, 0) is 4.79 Å². The van der Waals surface area contributed by atoms with E-state index >= 15 is 0 Å². The Morgan fingerprint density at radius 1 is 1.03 bits per heavy atom. The summed E-state index contributed by atoms with van der Waals surface area (Å²) in [5, 5.41) is 24.4. The molecule has 0 saturated carbocycles. The standard InChI is InChI=1S/C22H34FN3O3/c1-2-3-4-5-6-7-8-9-10-11-20(27)24-17-12-14-18(15-13-17)26-16-19(23)21(28)25-22(26)29/h12-16,21-22,25,28-29H,2-11H2,1H3,(H,24,27). The number of unbranched alkanes of at least 4 members (excludes halogenated alkanes) is 8. The lowest BCUT2D eigenvalue weighted by atomic mass is 10.1. The molecule has 2 unspecified atom stereocenters. The van der Waals surface area contributed by atoms with E-state index in [1.54, 1.807) is 24.3 Å². The third-order valence-electron chi connectivity index (χ3n) is 5.05. The number of rotatable bonds is 12. The second-order valence-corrected chi connectivity index (χ2v) is 7.54. The molecule has 2 rings (SSSR count). The first-order valence-electron chi connectivity index (χ1n) is 10.7. The first kappa shape index (κ1) is 23.3. The monoisotopic (exact) mass is 407 g/mol. The highest BCUT2D eigenvalue weighted by Crippen LogP contribution is 2.24. The Kier molecular flexibility index (Phi) is 10.1. The van der Waals surface area contributed by atoms with Crippen LogP contribution in [0, 0.1) is 0 Å². The van der Waals surface area contributed by atoms with Gasteiger partial charge < -0.3 is 20.4 Å². The van der Waals surface area contributed by atoms with Gasteiger partial charge in [-0.25, -0.2) is 9.71 Å². The van der Waals surface area contributed by atoms with Crippen molar-refractivity contribution in [3.63, 3.8) is 0 Å². The molecule has 1 amide bonds. The number of halogens is 1. The molecule has 162 valence electrons. The zero-order valence-corrected chi connectivity index (χ0v) is 17.2. The molecule has 0 aliphatic carbocycles. The van der Waals surface area contributed by atoms with Crippen LogP contribution in [0.3, 0.4) is 0 Å². The molecule has 4 N–H and O–H groups in total. The second kappa shape index (κ2) is 12.6. The molecular formula is C22H34FN3O3. The summed E-state index contributed by atoms with van der Waals surface area (Å²) in [4.78, 5) is 13.3. The van der Waals surface area contributed by atoms with Crippen LogP contribution in [0.4, 0.5) is 15.8 Å². The molecule has 0 spiro atoms. The van der Waals surface area contributed by atoms with Gasteiger partial charge in [-0.1, -0.05) is 58.3 Å². The van der Waals surface area contributed by atoms with E-state index in [-0.39, 0.29) is 5.91 Å². The Balaban J connectivity index is 1.67. The molecule has 1 aliphatic heterocycles. The zero-order chi connectivity index (χ0) is 21.1. The van der Waals surface area contributed by atoms with E-state index in [9.17, 15) is 19.4 Å². The van der Waals surface area contributed by atoms with Crippen LogP contribution < -0.4 is 15.5 Å². The first-order valence-corrected chi connectivity index (χ1v) is 10.7. The fourth-order valence-electron chi connectivity index (χ4n) is 3.33. The Morgan fingerprint density at radius 2 is 1.62 bits per heavy atom. The van der Waals surface area contributed by atoms with Crippen molar-refractivity contribution in [2.75, 3.05) is 10.2 Å². The van der Waals surface area contributed by atoms with Gasteiger partial charge in [0.05, 0.1) is 0 Å². The number of anilines is 2. The predicted octanol–water partition coefficient (Wildman–Crippen LogP) is 4.36. The summed E-state index contributed by atoms with van der Waals surface area (Å²) in [7, 11) is 0. The summed E-state index contributed by atoms with van der Waals surface area (Å²) in [5.41, 5.74) is 1.18. The maximum atomic E-state index is 13.5. The fourth-order valence-corrected chi connectivity index (χ4v) is 3.33. The van der Waals surface area contributed by atoms with Gasteiger partial charge in [-0.3, -0.25) is 4.79 Å². The lowest BCUT2D eigenvalue weighted by molar-refractivity contribution is -0.116. The minimum absolute atomic E-state index is 0.0190. The SMILES string of the molecule is CCCCCCCCCCCC(=O)Nc1ccc(N2C=C(F)C(O)NC2O)cc1. The Morgan fingerprint density at radius 3 is 2.24 bits per heavy atom. The minimum atomic E-state index is -1.51. The summed E-state index contributed by atoms with van der Waals surface area (Å²) >= 11 is 0. The summed E-state index contributed by atoms with van der Waals surface area (Å²) in [6.07, 6.45) is 9.71. The van der Waals surface area contributed by atoms with Crippen LogP contribution in [0.2, 0.25) is 0 Å². The topological polar surface area (TPSA) is 84.8 Å². The zero-order valence-electron chi connectivity index (χ0n) is 17.2. The van der Waals surface area contributed by atoms with E-state index < -0.39 is 18.4 Å². The largest absolute Gasteiger partial charge is 0.372 e. The minimum Gasteiger partial charge on any atom is -0.372 e. The summed E-state index contributed by atoms with van der Waals surface area (Å²) in [6.45, 7) is 2.22. The second-order valence-electron chi connectivity index (χ2n) is 7.54. The van der Waals surface area contributed by atoms with Gasteiger partial charge in [0, 0.05) is 24.0 Å². The number of amides is 1. The van der Waals surface area contributed by atoms with Crippen molar-refractivity contribution in [1.82, 2.24) is 5.32 Å². The summed E-state index contributed by atoms with van der Waals surface area (Å²) in [6, 6.07) is 6.74. The van der Waals surface area contributed by atoms with Gasteiger partial charge in [0.25, 0.3) is 0 Å². The van der Waals surface area contributed by atoms with Crippen LogP contribution in [0.5, 0.6) is 0 Å². The molecule has 29 heavy (non-hydrogen) atoms. The van der Waals surface area contributed by atoms with Gasteiger partial charge in [-0.05, 0) is 30.7 Å².